The molecule has 2 aliphatic rings. The van der Waals surface area contributed by atoms with Crippen LogP contribution in [0.25, 0.3) is 21.9 Å². The first-order chi connectivity index (χ1) is 16.5. The van der Waals surface area contributed by atoms with Gasteiger partial charge in [0.25, 0.3) is 0 Å². The molecule has 2 fully saturated rings. The quantitative estimate of drug-likeness (QED) is 0.578. The SMILES string of the molecule is COCCC(=O)N1CCN(c2nc(C3CC3)c(-c3ccc4ccccc4c3)c(C)c2N)C[C@H]1C. The molecule has 1 atom stereocenters. The number of nitrogen functional groups attached to an aromatic ring is 1. The van der Waals surface area contributed by atoms with Crippen molar-refractivity contribution in [2.75, 3.05) is 44.0 Å². The van der Waals surface area contributed by atoms with Gasteiger partial charge >= 0.3 is 0 Å². The summed E-state index contributed by atoms with van der Waals surface area (Å²) in [4.78, 5) is 22.0. The van der Waals surface area contributed by atoms with E-state index in [4.69, 9.17) is 15.5 Å². The topological polar surface area (TPSA) is 71.7 Å². The largest absolute Gasteiger partial charge is 0.396 e. The number of hydrogen-bond donors (Lipinski definition) is 1. The lowest BCUT2D eigenvalue weighted by Crippen LogP contribution is -2.54. The second-order valence-corrected chi connectivity index (χ2v) is 9.70. The van der Waals surface area contributed by atoms with Gasteiger partial charge in [0.15, 0.2) is 5.82 Å². The summed E-state index contributed by atoms with van der Waals surface area (Å²) in [6.07, 6.45) is 2.77. The van der Waals surface area contributed by atoms with Crippen LogP contribution in [-0.4, -0.2) is 55.2 Å². The number of amides is 1. The second kappa shape index (κ2) is 9.26. The highest BCUT2D eigenvalue weighted by atomic mass is 16.5. The molecule has 1 amide bonds. The average molecular weight is 459 g/mol. The van der Waals surface area contributed by atoms with Crippen LogP contribution in [0.3, 0.4) is 0 Å². The number of aromatic nitrogens is 1. The number of rotatable bonds is 6. The molecule has 0 unspecified atom stereocenters. The van der Waals surface area contributed by atoms with E-state index in [0.717, 1.165) is 30.2 Å². The molecule has 6 nitrogen and oxygen atoms in total. The van der Waals surface area contributed by atoms with Crippen molar-refractivity contribution in [2.45, 2.75) is 45.1 Å². The van der Waals surface area contributed by atoms with E-state index in [-0.39, 0.29) is 11.9 Å². The molecule has 3 aromatic rings. The normalized spacial score (nSPS) is 18.5. The molecular formula is C28H34N4O2. The zero-order chi connectivity index (χ0) is 23.8. The van der Waals surface area contributed by atoms with Crippen LogP contribution in [0.15, 0.2) is 42.5 Å². The van der Waals surface area contributed by atoms with Gasteiger partial charge in [-0.3, -0.25) is 4.79 Å². The molecule has 178 valence electrons. The maximum Gasteiger partial charge on any atom is 0.225 e. The molecule has 0 spiro atoms. The maximum absolute atomic E-state index is 12.6. The second-order valence-electron chi connectivity index (χ2n) is 9.70. The van der Waals surface area contributed by atoms with Crippen LogP contribution in [0.4, 0.5) is 11.5 Å². The summed E-state index contributed by atoms with van der Waals surface area (Å²) in [6, 6.07) is 15.2. The Kier molecular flexibility index (Phi) is 6.17. The minimum absolute atomic E-state index is 0.101. The molecular weight excluding hydrogens is 424 g/mol. The van der Waals surface area contributed by atoms with Crippen LogP contribution < -0.4 is 10.6 Å². The van der Waals surface area contributed by atoms with Crippen LogP contribution in [0.2, 0.25) is 0 Å². The standard InChI is InChI=1S/C28H34N4O2/c1-18-17-31(13-14-32(18)24(33)12-15-34-3)28-26(29)19(2)25(27(30-28)21-9-10-21)23-11-8-20-6-4-5-7-22(20)16-23/h4-8,11,16,18,21H,9-10,12-15,17,29H2,1-3H3/t18-/m1/s1. The number of pyridine rings is 1. The first kappa shape index (κ1) is 22.7. The first-order valence-corrected chi connectivity index (χ1v) is 12.3. The number of nitrogens with zero attached hydrogens (tertiary/aromatic N) is 3. The Balaban J connectivity index is 1.48. The van der Waals surface area contributed by atoms with E-state index in [1.807, 2.05) is 4.90 Å². The predicted octanol–water partition coefficient (Wildman–Crippen LogP) is 4.74. The minimum Gasteiger partial charge on any atom is -0.396 e. The predicted molar refractivity (Wildman–Crippen MR) is 138 cm³/mol. The monoisotopic (exact) mass is 458 g/mol. The molecule has 6 heteroatoms. The number of benzene rings is 2. The zero-order valence-corrected chi connectivity index (χ0v) is 20.4. The van der Waals surface area contributed by atoms with E-state index < -0.39 is 0 Å². The molecule has 1 aliphatic carbocycles. The lowest BCUT2D eigenvalue weighted by molar-refractivity contribution is -0.134. The van der Waals surface area contributed by atoms with Crippen molar-refractivity contribution in [2.24, 2.45) is 0 Å². The van der Waals surface area contributed by atoms with E-state index in [1.54, 1.807) is 7.11 Å². The Labute approximate surface area is 201 Å². The summed E-state index contributed by atoms with van der Waals surface area (Å²) in [5.74, 6) is 1.52. The Morgan fingerprint density at radius 3 is 2.62 bits per heavy atom. The fraction of sp³-hybridized carbons (Fsp3) is 0.429. The van der Waals surface area contributed by atoms with Crippen molar-refractivity contribution in [3.63, 3.8) is 0 Å². The average Bonchev–Trinajstić information content (AvgIpc) is 3.69. The lowest BCUT2D eigenvalue weighted by atomic mass is 9.93. The van der Waals surface area contributed by atoms with Crippen LogP contribution in [0.5, 0.6) is 0 Å². The molecule has 1 saturated heterocycles. The summed E-state index contributed by atoms with van der Waals surface area (Å²) >= 11 is 0. The third-order valence-electron chi connectivity index (χ3n) is 7.27. The Morgan fingerprint density at radius 1 is 1.15 bits per heavy atom. The van der Waals surface area contributed by atoms with E-state index >= 15 is 0 Å². The fourth-order valence-electron chi connectivity index (χ4n) is 5.18. The summed E-state index contributed by atoms with van der Waals surface area (Å²) in [5, 5.41) is 2.47. The van der Waals surface area contributed by atoms with Gasteiger partial charge in [0.1, 0.15) is 0 Å². The van der Waals surface area contributed by atoms with Crippen LogP contribution in [0, 0.1) is 6.92 Å². The third kappa shape index (κ3) is 4.23. The Hall–Kier alpha value is -3.12. The van der Waals surface area contributed by atoms with Gasteiger partial charge in [-0.2, -0.15) is 0 Å². The molecule has 0 radical (unpaired) electrons. The van der Waals surface area contributed by atoms with E-state index in [1.165, 1.54) is 40.4 Å². The first-order valence-electron chi connectivity index (χ1n) is 12.3. The van der Waals surface area contributed by atoms with Crippen molar-refractivity contribution in [1.29, 1.82) is 0 Å². The number of hydrogen-bond acceptors (Lipinski definition) is 5. The smallest absolute Gasteiger partial charge is 0.225 e. The van der Waals surface area contributed by atoms with E-state index in [2.05, 4.69) is 61.2 Å². The van der Waals surface area contributed by atoms with Crippen LogP contribution in [0.1, 0.15) is 43.4 Å². The maximum atomic E-state index is 12.6. The molecule has 1 aromatic heterocycles. The third-order valence-corrected chi connectivity index (χ3v) is 7.27. The number of piperazine rings is 1. The van der Waals surface area contributed by atoms with Gasteiger partial charge in [0.05, 0.1) is 24.4 Å². The Bertz CT molecular complexity index is 1220. The summed E-state index contributed by atoms with van der Waals surface area (Å²) in [7, 11) is 1.63. The molecule has 1 aliphatic heterocycles. The van der Waals surface area contributed by atoms with Crippen molar-refractivity contribution in [3.8, 4) is 11.1 Å². The number of ether oxygens (including phenoxy) is 1. The summed E-state index contributed by atoms with van der Waals surface area (Å²) in [6.45, 7) is 6.83. The summed E-state index contributed by atoms with van der Waals surface area (Å²) in [5.41, 5.74) is 12.2. The zero-order valence-electron chi connectivity index (χ0n) is 20.4. The van der Waals surface area contributed by atoms with Gasteiger partial charge in [-0.1, -0.05) is 36.4 Å². The summed E-state index contributed by atoms with van der Waals surface area (Å²) < 4.78 is 5.09. The molecule has 1 saturated carbocycles. The number of fused-ring (bicyclic) bond motifs is 1. The number of methoxy groups -OCH3 is 1. The molecule has 2 N–H and O–H groups in total. The lowest BCUT2D eigenvalue weighted by Gasteiger charge is -2.41. The van der Waals surface area contributed by atoms with E-state index in [0.29, 0.717) is 25.5 Å². The highest BCUT2D eigenvalue weighted by Gasteiger charge is 2.33. The van der Waals surface area contributed by atoms with Gasteiger partial charge < -0.3 is 20.3 Å². The molecule has 2 heterocycles. The molecule has 2 aromatic carbocycles. The van der Waals surface area contributed by atoms with Crippen molar-refractivity contribution < 1.29 is 9.53 Å². The number of carbonyl (C=O) groups excluding carboxylic acids is 1. The highest BCUT2D eigenvalue weighted by Crippen LogP contribution is 2.47. The molecule has 34 heavy (non-hydrogen) atoms. The fourth-order valence-corrected chi connectivity index (χ4v) is 5.18. The highest BCUT2D eigenvalue weighted by molar-refractivity contribution is 5.90. The van der Waals surface area contributed by atoms with Crippen molar-refractivity contribution in [1.82, 2.24) is 9.88 Å². The number of anilines is 2. The van der Waals surface area contributed by atoms with Crippen LogP contribution in [-0.2, 0) is 9.53 Å². The Morgan fingerprint density at radius 2 is 1.91 bits per heavy atom. The van der Waals surface area contributed by atoms with Crippen molar-refractivity contribution in [3.05, 3.63) is 53.7 Å². The molecule has 5 rings (SSSR count). The van der Waals surface area contributed by atoms with E-state index in [9.17, 15) is 4.79 Å². The molecule has 0 bridgehead atoms. The van der Waals surface area contributed by atoms with Gasteiger partial charge in [-0.05, 0) is 54.7 Å². The van der Waals surface area contributed by atoms with Crippen molar-refractivity contribution >= 4 is 28.2 Å². The van der Waals surface area contributed by atoms with Gasteiger partial charge in [0.2, 0.25) is 5.91 Å². The van der Waals surface area contributed by atoms with Crippen LogP contribution >= 0.6 is 0 Å². The van der Waals surface area contributed by atoms with Gasteiger partial charge in [0, 0.05) is 44.3 Å². The van der Waals surface area contributed by atoms with Gasteiger partial charge in [-0.15, -0.1) is 0 Å². The van der Waals surface area contributed by atoms with Gasteiger partial charge in [-0.25, -0.2) is 4.98 Å². The number of nitrogens with two attached hydrogens (primary N) is 1. The minimum atomic E-state index is 0.101. The number of carbonyl (C=O) groups is 1.